The van der Waals surface area contributed by atoms with E-state index in [4.69, 9.17) is 33.4 Å². The van der Waals surface area contributed by atoms with Gasteiger partial charge in [0.2, 0.25) is 0 Å². The Hall–Kier alpha value is -1.00. The molecular formula is C7H3Cl2FO3. The van der Waals surface area contributed by atoms with Crippen LogP contribution in [0.2, 0.25) is 10.0 Å². The van der Waals surface area contributed by atoms with Gasteiger partial charge in [-0.15, -0.1) is 0 Å². The van der Waals surface area contributed by atoms with E-state index in [0.29, 0.717) is 6.07 Å². The maximum atomic E-state index is 12.8. The van der Waals surface area contributed by atoms with Crippen molar-refractivity contribution in [2.45, 2.75) is 0 Å². The molecule has 70 valence electrons. The highest BCUT2D eigenvalue weighted by Crippen LogP contribution is 2.36. The Morgan fingerprint density at radius 2 is 1.92 bits per heavy atom. The topological polar surface area (TPSA) is 57.5 Å². The summed E-state index contributed by atoms with van der Waals surface area (Å²) < 4.78 is 12.8. The fraction of sp³-hybridized carbons (Fsp3) is 0. The molecule has 0 radical (unpaired) electrons. The molecule has 0 fully saturated rings. The summed E-state index contributed by atoms with van der Waals surface area (Å²) >= 11 is 10.6. The average molecular weight is 225 g/mol. The second kappa shape index (κ2) is 3.40. The summed E-state index contributed by atoms with van der Waals surface area (Å²) in [4.78, 5) is 10.4. The zero-order valence-electron chi connectivity index (χ0n) is 6.01. The molecule has 6 heteroatoms. The molecule has 0 amide bonds. The van der Waals surface area contributed by atoms with E-state index in [2.05, 4.69) is 0 Å². The van der Waals surface area contributed by atoms with Crippen LogP contribution in [0.3, 0.4) is 0 Å². The minimum absolute atomic E-state index is 0.496. The van der Waals surface area contributed by atoms with E-state index in [1.807, 2.05) is 0 Å². The molecule has 0 saturated heterocycles. The Morgan fingerprint density at radius 1 is 1.38 bits per heavy atom. The normalized spacial score (nSPS) is 10.1. The first-order chi connectivity index (χ1) is 5.95. The van der Waals surface area contributed by atoms with E-state index < -0.39 is 33.1 Å². The van der Waals surface area contributed by atoms with Gasteiger partial charge in [-0.1, -0.05) is 23.2 Å². The van der Waals surface area contributed by atoms with Gasteiger partial charge in [0, 0.05) is 0 Å². The van der Waals surface area contributed by atoms with Gasteiger partial charge in [-0.25, -0.2) is 9.18 Å². The maximum absolute atomic E-state index is 12.8. The summed E-state index contributed by atoms with van der Waals surface area (Å²) in [5.74, 6) is -3.20. The third-order valence-corrected chi connectivity index (χ3v) is 2.20. The number of benzene rings is 1. The van der Waals surface area contributed by atoms with Crippen LogP contribution >= 0.6 is 23.2 Å². The molecule has 0 spiro atoms. The molecule has 0 atom stereocenters. The predicted molar refractivity (Wildman–Crippen MR) is 45.0 cm³/mol. The zero-order valence-corrected chi connectivity index (χ0v) is 7.53. The largest absolute Gasteiger partial charge is 0.505 e. The smallest absolute Gasteiger partial charge is 0.339 e. The molecule has 0 aliphatic carbocycles. The molecule has 0 aliphatic heterocycles. The van der Waals surface area contributed by atoms with Crippen LogP contribution < -0.4 is 0 Å². The van der Waals surface area contributed by atoms with Gasteiger partial charge in [0.25, 0.3) is 0 Å². The van der Waals surface area contributed by atoms with Gasteiger partial charge in [0.15, 0.2) is 0 Å². The van der Waals surface area contributed by atoms with Gasteiger partial charge in [0.1, 0.15) is 22.2 Å². The van der Waals surface area contributed by atoms with Crippen LogP contribution in [-0.4, -0.2) is 16.2 Å². The lowest BCUT2D eigenvalue weighted by Crippen LogP contribution is -1.98. The molecule has 1 rings (SSSR count). The van der Waals surface area contributed by atoms with Crippen molar-refractivity contribution in [3.8, 4) is 5.75 Å². The molecule has 1 aromatic carbocycles. The van der Waals surface area contributed by atoms with E-state index in [9.17, 15) is 9.18 Å². The number of aromatic hydroxyl groups is 1. The highest BCUT2D eigenvalue weighted by atomic mass is 35.5. The molecule has 0 heterocycles. The van der Waals surface area contributed by atoms with E-state index in [1.54, 1.807) is 0 Å². The van der Waals surface area contributed by atoms with Crippen LogP contribution in [0.25, 0.3) is 0 Å². The monoisotopic (exact) mass is 224 g/mol. The van der Waals surface area contributed by atoms with Crippen molar-refractivity contribution in [1.29, 1.82) is 0 Å². The van der Waals surface area contributed by atoms with E-state index >= 15 is 0 Å². The average Bonchev–Trinajstić information content (AvgIpc) is 2.07. The number of carbonyl (C=O) groups is 1. The predicted octanol–water partition coefficient (Wildman–Crippen LogP) is 2.54. The van der Waals surface area contributed by atoms with Crippen LogP contribution in [-0.2, 0) is 0 Å². The van der Waals surface area contributed by atoms with Gasteiger partial charge in [-0.3, -0.25) is 0 Å². The second-order valence-electron chi connectivity index (χ2n) is 2.19. The van der Waals surface area contributed by atoms with Gasteiger partial charge in [-0.05, 0) is 6.07 Å². The fourth-order valence-corrected chi connectivity index (χ4v) is 1.08. The number of hydrogen-bond donors (Lipinski definition) is 2. The number of aromatic carboxylic acids is 1. The standard InChI is InChI=1S/C7H3Cl2FO3/c8-4-3(10)1-2(7(12)13)6(11)5(4)9/h1,11H,(H,12,13). The van der Waals surface area contributed by atoms with E-state index in [1.165, 1.54) is 0 Å². The Labute approximate surface area is 82.3 Å². The van der Waals surface area contributed by atoms with Crippen LogP contribution in [0, 0.1) is 5.82 Å². The first-order valence-corrected chi connectivity index (χ1v) is 3.80. The molecule has 0 aliphatic rings. The summed E-state index contributed by atoms with van der Waals surface area (Å²) in [7, 11) is 0. The van der Waals surface area contributed by atoms with Crippen LogP contribution in [0.1, 0.15) is 10.4 Å². The lowest BCUT2D eigenvalue weighted by molar-refractivity contribution is 0.0693. The summed E-state index contributed by atoms with van der Waals surface area (Å²) in [6.45, 7) is 0. The van der Waals surface area contributed by atoms with Crippen molar-refractivity contribution >= 4 is 29.2 Å². The number of carboxylic acid groups (broad SMARTS) is 1. The molecule has 0 bridgehead atoms. The number of rotatable bonds is 1. The molecule has 3 nitrogen and oxygen atoms in total. The van der Waals surface area contributed by atoms with Crippen molar-refractivity contribution in [2.75, 3.05) is 0 Å². The highest BCUT2D eigenvalue weighted by molar-refractivity contribution is 6.43. The molecule has 1 aromatic rings. The minimum Gasteiger partial charge on any atom is -0.505 e. The van der Waals surface area contributed by atoms with Crippen molar-refractivity contribution in [1.82, 2.24) is 0 Å². The first kappa shape index (κ1) is 10.1. The van der Waals surface area contributed by atoms with Crippen molar-refractivity contribution in [3.05, 3.63) is 27.5 Å². The molecule has 0 aromatic heterocycles. The highest BCUT2D eigenvalue weighted by Gasteiger charge is 2.18. The number of hydrogen-bond acceptors (Lipinski definition) is 2. The Morgan fingerprint density at radius 3 is 2.38 bits per heavy atom. The van der Waals surface area contributed by atoms with Crippen molar-refractivity contribution in [2.24, 2.45) is 0 Å². The van der Waals surface area contributed by atoms with Gasteiger partial charge in [-0.2, -0.15) is 0 Å². The molecule has 0 unspecified atom stereocenters. The van der Waals surface area contributed by atoms with Crippen LogP contribution in [0.15, 0.2) is 6.07 Å². The first-order valence-electron chi connectivity index (χ1n) is 3.05. The molecule has 0 saturated carbocycles. The Bertz CT molecular complexity index is 378. The van der Waals surface area contributed by atoms with Gasteiger partial charge < -0.3 is 10.2 Å². The summed E-state index contributed by atoms with van der Waals surface area (Å²) in [5.41, 5.74) is -0.619. The van der Waals surface area contributed by atoms with Crippen LogP contribution in [0.4, 0.5) is 4.39 Å². The number of halogens is 3. The van der Waals surface area contributed by atoms with Crippen molar-refractivity contribution in [3.63, 3.8) is 0 Å². The summed E-state index contributed by atoms with van der Waals surface area (Å²) in [5, 5.41) is 16.6. The number of carboxylic acids is 1. The van der Waals surface area contributed by atoms with Crippen molar-refractivity contribution < 1.29 is 19.4 Å². The molecular weight excluding hydrogens is 222 g/mol. The van der Waals surface area contributed by atoms with Crippen LogP contribution in [0.5, 0.6) is 5.75 Å². The third-order valence-electron chi connectivity index (χ3n) is 1.37. The molecule has 2 N–H and O–H groups in total. The number of phenols is 1. The minimum atomic E-state index is -1.48. The van der Waals surface area contributed by atoms with Gasteiger partial charge in [0.05, 0.1) is 5.02 Å². The summed E-state index contributed by atoms with van der Waals surface area (Å²) in [6, 6.07) is 0.603. The zero-order chi connectivity index (χ0) is 10.2. The van der Waals surface area contributed by atoms with E-state index in [0.717, 1.165) is 0 Å². The quantitative estimate of drug-likeness (QED) is 0.722. The van der Waals surface area contributed by atoms with E-state index in [-0.39, 0.29) is 0 Å². The Balaban J connectivity index is 3.50. The summed E-state index contributed by atoms with van der Waals surface area (Å²) in [6.07, 6.45) is 0. The molecule has 13 heavy (non-hydrogen) atoms. The lowest BCUT2D eigenvalue weighted by Gasteiger charge is -2.04. The lowest BCUT2D eigenvalue weighted by atomic mass is 10.2. The maximum Gasteiger partial charge on any atom is 0.339 e. The third kappa shape index (κ3) is 1.68. The van der Waals surface area contributed by atoms with Gasteiger partial charge >= 0.3 is 5.97 Å². The second-order valence-corrected chi connectivity index (χ2v) is 2.94. The Kier molecular flexibility index (Phi) is 2.63. The SMILES string of the molecule is O=C(O)c1cc(F)c(Cl)c(Cl)c1O. The fourth-order valence-electron chi connectivity index (χ4n) is 0.748.